The molecule has 1 aromatic heterocycles. The number of hydrogen-bond donors (Lipinski definition) is 1. The predicted molar refractivity (Wildman–Crippen MR) is 99.7 cm³/mol. The molecule has 0 spiro atoms. The average molecular weight is 390 g/mol. The van der Waals surface area contributed by atoms with E-state index in [4.69, 9.17) is 30.2 Å². The Morgan fingerprint density at radius 3 is 2.56 bits per heavy atom. The number of nitrogens with one attached hydrogen (secondary N) is 1. The molecular weight excluding hydrogens is 374 g/mol. The molecule has 1 heterocycles. The standard InChI is InChI=1S/C19H16ClNO6/c1-24-15-6-4-13(9-16(15)25-2)21-18(22)10-26-19(23)17-8-11-7-12(20)3-5-14(11)27-17/h3-9H,10H2,1-2H3,(H,21,22). The molecule has 0 aliphatic carbocycles. The van der Waals surface area contributed by atoms with Crippen molar-refractivity contribution in [2.24, 2.45) is 0 Å². The van der Waals surface area contributed by atoms with Crippen molar-refractivity contribution in [3.8, 4) is 11.5 Å². The van der Waals surface area contributed by atoms with Crippen molar-refractivity contribution in [1.29, 1.82) is 0 Å². The van der Waals surface area contributed by atoms with Gasteiger partial charge in [0.15, 0.2) is 18.1 Å². The number of rotatable bonds is 6. The first kappa shape index (κ1) is 18.6. The topological polar surface area (TPSA) is 87.0 Å². The van der Waals surface area contributed by atoms with Crippen LogP contribution in [0.5, 0.6) is 11.5 Å². The number of halogens is 1. The lowest BCUT2D eigenvalue weighted by molar-refractivity contribution is -0.119. The fourth-order valence-corrected chi connectivity index (χ4v) is 2.61. The molecule has 0 saturated heterocycles. The van der Waals surface area contributed by atoms with Gasteiger partial charge in [0.25, 0.3) is 5.91 Å². The van der Waals surface area contributed by atoms with Gasteiger partial charge in [0.2, 0.25) is 5.76 Å². The zero-order valence-corrected chi connectivity index (χ0v) is 15.3. The molecule has 7 nitrogen and oxygen atoms in total. The maximum Gasteiger partial charge on any atom is 0.374 e. The number of methoxy groups -OCH3 is 2. The van der Waals surface area contributed by atoms with Gasteiger partial charge in [-0.15, -0.1) is 0 Å². The van der Waals surface area contributed by atoms with Gasteiger partial charge < -0.3 is 23.9 Å². The molecule has 0 bridgehead atoms. The van der Waals surface area contributed by atoms with E-state index in [0.717, 1.165) is 0 Å². The largest absolute Gasteiger partial charge is 0.493 e. The second kappa shape index (κ2) is 8.01. The smallest absolute Gasteiger partial charge is 0.374 e. The summed E-state index contributed by atoms with van der Waals surface area (Å²) in [6, 6.07) is 11.4. The third kappa shape index (κ3) is 4.32. The Kier molecular flexibility index (Phi) is 5.52. The van der Waals surface area contributed by atoms with Gasteiger partial charge in [-0.3, -0.25) is 4.79 Å². The molecule has 0 unspecified atom stereocenters. The van der Waals surface area contributed by atoms with Crippen LogP contribution in [0.2, 0.25) is 5.02 Å². The third-order valence-corrected chi connectivity index (χ3v) is 3.92. The monoisotopic (exact) mass is 389 g/mol. The number of anilines is 1. The van der Waals surface area contributed by atoms with E-state index in [1.54, 1.807) is 36.4 Å². The number of carbonyl (C=O) groups is 2. The van der Waals surface area contributed by atoms with E-state index in [1.807, 2.05) is 0 Å². The second-order valence-electron chi connectivity index (χ2n) is 5.49. The van der Waals surface area contributed by atoms with Crippen LogP contribution in [-0.4, -0.2) is 32.7 Å². The van der Waals surface area contributed by atoms with Crippen LogP contribution < -0.4 is 14.8 Å². The summed E-state index contributed by atoms with van der Waals surface area (Å²) in [5.41, 5.74) is 0.980. The van der Waals surface area contributed by atoms with E-state index in [1.165, 1.54) is 20.3 Å². The van der Waals surface area contributed by atoms with E-state index >= 15 is 0 Å². The number of amides is 1. The van der Waals surface area contributed by atoms with Gasteiger partial charge in [0.1, 0.15) is 5.58 Å². The first-order valence-electron chi connectivity index (χ1n) is 7.88. The highest BCUT2D eigenvalue weighted by Crippen LogP contribution is 2.29. The Hall–Kier alpha value is -3.19. The van der Waals surface area contributed by atoms with Gasteiger partial charge >= 0.3 is 5.97 Å². The predicted octanol–water partition coefficient (Wildman–Crippen LogP) is 3.90. The number of carbonyl (C=O) groups excluding carboxylic acids is 2. The highest BCUT2D eigenvalue weighted by molar-refractivity contribution is 6.31. The Bertz CT molecular complexity index is 997. The summed E-state index contributed by atoms with van der Waals surface area (Å²) in [6.45, 7) is -0.467. The maximum absolute atomic E-state index is 12.1. The van der Waals surface area contributed by atoms with Crippen LogP contribution in [0.15, 0.2) is 46.9 Å². The van der Waals surface area contributed by atoms with Crippen molar-refractivity contribution in [3.05, 3.63) is 53.2 Å². The minimum Gasteiger partial charge on any atom is -0.493 e. The molecule has 0 saturated carbocycles. The molecule has 3 aromatic rings. The molecule has 0 aliphatic heterocycles. The van der Waals surface area contributed by atoms with E-state index < -0.39 is 18.5 Å². The summed E-state index contributed by atoms with van der Waals surface area (Å²) in [7, 11) is 3.01. The lowest BCUT2D eigenvalue weighted by atomic mass is 10.2. The van der Waals surface area contributed by atoms with Crippen molar-refractivity contribution in [3.63, 3.8) is 0 Å². The van der Waals surface area contributed by atoms with Gasteiger partial charge in [0.05, 0.1) is 14.2 Å². The van der Waals surface area contributed by atoms with Crippen molar-refractivity contribution in [1.82, 2.24) is 0 Å². The number of ether oxygens (including phenoxy) is 3. The zero-order valence-electron chi connectivity index (χ0n) is 14.6. The number of furan rings is 1. The number of fused-ring (bicyclic) bond motifs is 1. The Labute approximate surface area is 159 Å². The van der Waals surface area contributed by atoms with E-state index in [9.17, 15) is 9.59 Å². The molecule has 3 rings (SSSR count). The molecule has 0 radical (unpaired) electrons. The molecular formula is C19H16ClNO6. The van der Waals surface area contributed by atoms with E-state index in [0.29, 0.717) is 33.2 Å². The molecule has 1 amide bonds. The van der Waals surface area contributed by atoms with E-state index in [-0.39, 0.29) is 5.76 Å². The minimum atomic E-state index is -0.746. The first-order chi connectivity index (χ1) is 13.0. The quantitative estimate of drug-likeness (QED) is 0.643. The molecule has 0 aliphatic rings. The molecule has 8 heteroatoms. The molecule has 140 valence electrons. The Morgan fingerprint density at radius 2 is 1.81 bits per heavy atom. The fourth-order valence-electron chi connectivity index (χ4n) is 2.43. The molecule has 1 N–H and O–H groups in total. The summed E-state index contributed by atoms with van der Waals surface area (Å²) in [5, 5.41) is 3.81. The van der Waals surface area contributed by atoms with Crippen LogP contribution in [0.3, 0.4) is 0 Å². The van der Waals surface area contributed by atoms with Crippen molar-refractivity contribution in [2.45, 2.75) is 0 Å². The molecule has 27 heavy (non-hydrogen) atoms. The number of benzene rings is 2. The van der Waals surface area contributed by atoms with Crippen molar-refractivity contribution < 1.29 is 28.2 Å². The van der Waals surface area contributed by atoms with Gasteiger partial charge in [-0.1, -0.05) is 11.6 Å². The van der Waals surface area contributed by atoms with Crippen molar-refractivity contribution in [2.75, 3.05) is 26.1 Å². The summed E-state index contributed by atoms with van der Waals surface area (Å²) >= 11 is 5.90. The summed E-state index contributed by atoms with van der Waals surface area (Å²) in [5.74, 6) is -0.258. The van der Waals surface area contributed by atoms with Crippen LogP contribution >= 0.6 is 11.6 Å². The zero-order chi connectivity index (χ0) is 19.4. The molecule has 2 aromatic carbocycles. The molecule has 0 fully saturated rings. The SMILES string of the molecule is COc1ccc(NC(=O)COC(=O)c2cc3cc(Cl)ccc3o2)cc1OC. The highest BCUT2D eigenvalue weighted by Gasteiger charge is 2.16. The lowest BCUT2D eigenvalue weighted by Gasteiger charge is -2.10. The van der Waals surface area contributed by atoms with Crippen LogP contribution in [-0.2, 0) is 9.53 Å². The van der Waals surface area contributed by atoms with Crippen LogP contribution in [0.25, 0.3) is 11.0 Å². The summed E-state index contributed by atoms with van der Waals surface area (Å²) in [4.78, 5) is 24.1. The Morgan fingerprint density at radius 1 is 1.04 bits per heavy atom. The number of hydrogen-bond acceptors (Lipinski definition) is 6. The lowest BCUT2D eigenvalue weighted by Crippen LogP contribution is -2.20. The van der Waals surface area contributed by atoms with Crippen LogP contribution in [0.1, 0.15) is 10.6 Å². The maximum atomic E-state index is 12.1. The third-order valence-electron chi connectivity index (χ3n) is 3.68. The normalized spacial score (nSPS) is 10.5. The van der Waals surface area contributed by atoms with Crippen LogP contribution in [0, 0.1) is 0 Å². The molecule has 0 atom stereocenters. The van der Waals surface area contributed by atoms with Gasteiger partial charge in [0, 0.05) is 22.2 Å². The van der Waals surface area contributed by atoms with Crippen molar-refractivity contribution >= 4 is 40.1 Å². The minimum absolute atomic E-state index is 0.00816. The Balaban J connectivity index is 1.60. The summed E-state index contributed by atoms with van der Waals surface area (Å²) < 4.78 is 20.7. The van der Waals surface area contributed by atoms with Gasteiger partial charge in [-0.25, -0.2) is 4.79 Å². The fraction of sp³-hybridized carbons (Fsp3) is 0.158. The second-order valence-corrected chi connectivity index (χ2v) is 5.92. The first-order valence-corrected chi connectivity index (χ1v) is 8.26. The van der Waals surface area contributed by atoms with Crippen LogP contribution in [0.4, 0.5) is 5.69 Å². The van der Waals surface area contributed by atoms with E-state index in [2.05, 4.69) is 5.32 Å². The van der Waals surface area contributed by atoms with Gasteiger partial charge in [-0.05, 0) is 36.4 Å². The number of esters is 1. The average Bonchev–Trinajstić information content (AvgIpc) is 3.09. The summed E-state index contributed by atoms with van der Waals surface area (Å²) in [6.07, 6.45) is 0. The highest BCUT2D eigenvalue weighted by atomic mass is 35.5. The van der Waals surface area contributed by atoms with Gasteiger partial charge in [-0.2, -0.15) is 0 Å².